The highest BCUT2D eigenvalue weighted by Crippen LogP contribution is 2.30. The van der Waals surface area contributed by atoms with Crippen LogP contribution in [0.15, 0.2) is 40.8 Å². The van der Waals surface area contributed by atoms with Gasteiger partial charge in [-0.1, -0.05) is 29.8 Å². The van der Waals surface area contributed by atoms with Gasteiger partial charge in [0.15, 0.2) is 0 Å². The Balaban J connectivity index is 1.65. The summed E-state index contributed by atoms with van der Waals surface area (Å²) >= 11 is 1.53. The molecule has 0 atom stereocenters. The number of aryl methyl sites for hydroxylation is 1. The Hall–Kier alpha value is -2.02. The van der Waals surface area contributed by atoms with Crippen molar-refractivity contribution in [3.05, 3.63) is 51.9 Å². The van der Waals surface area contributed by atoms with Crippen LogP contribution in [0.5, 0.6) is 0 Å². The second-order valence-electron chi connectivity index (χ2n) is 6.39. The van der Waals surface area contributed by atoms with Gasteiger partial charge >= 0.3 is 0 Å². The maximum absolute atomic E-state index is 13.0. The zero-order valence-corrected chi connectivity index (χ0v) is 15.1. The molecule has 0 N–H and O–H groups in total. The van der Waals surface area contributed by atoms with Crippen molar-refractivity contribution in [2.24, 2.45) is 0 Å². The number of aromatic nitrogens is 2. The topological polar surface area (TPSA) is 47.4 Å². The van der Waals surface area contributed by atoms with Crippen molar-refractivity contribution in [2.75, 3.05) is 32.8 Å². The number of thiophene rings is 1. The fraction of sp³-hybridized carbons (Fsp3) is 0.368. The molecule has 6 heteroatoms. The number of rotatable bonds is 4. The van der Waals surface area contributed by atoms with Gasteiger partial charge in [-0.3, -0.25) is 14.3 Å². The third-order valence-corrected chi connectivity index (χ3v) is 5.57. The van der Waals surface area contributed by atoms with Crippen LogP contribution in [-0.2, 0) is 11.3 Å². The molecular formula is C19H21N3O2S. The van der Waals surface area contributed by atoms with E-state index in [-0.39, 0.29) is 5.56 Å². The molecule has 0 aliphatic carbocycles. The molecule has 1 saturated heterocycles. The monoisotopic (exact) mass is 355 g/mol. The van der Waals surface area contributed by atoms with E-state index >= 15 is 0 Å². The molecule has 2 aromatic heterocycles. The fourth-order valence-corrected chi connectivity index (χ4v) is 4.05. The van der Waals surface area contributed by atoms with E-state index in [2.05, 4.69) is 41.1 Å². The van der Waals surface area contributed by atoms with E-state index < -0.39 is 0 Å². The van der Waals surface area contributed by atoms with Gasteiger partial charge in [-0.05, 0) is 12.5 Å². The molecule has 25 heavy (non-hydrogen) atoms. The summed E-state index contributed by atoms with van der Waals surface area (Å²) < 4.78 is 7.11. The third kappa shape index (κ3) is 3.38. The lowest BCUT2D eigenvalue weighted by Gasteiger charge is -2.26. The van der Waals surface area contributed by atoms with Gasteiger partial charge in [0.1, 0.15) is 4.83 Å². The minimum Gasteiger partial charge on any atom is -0.379 e. The maximum atomic E-state index is 13.0. The summed E-state index contributed by atoms with van der Waals surface area (Å²) in [4.78, 5) is 20.7. The third-order valence-electron chi connectivity index (χ3n) is 4.68. The molecule has 0 unspecified atom stereocenters. The molecule has 3 aromatic rings. The Labute approximate surface area is 150 Å². The van der Waals surface area contributed by atoms with Crippen molar-refractivity contribution in [1.29, 1.82) is 0 Å². The lowest BCUT2D eigenvalue weighted by molar-refractivity contribution is 0.0362. The zero-order valence-electron chi connectivity index (χ0n) is 14.3. The molecular weight excluding hydrogens is 334 g/mol. The number of ether oxygens (including phenoxy) is 1. The fourth-order valence-electron chi connectivity index (χ4n) is 3.15. The normalized spacial score (nSPS) is 15.7. The van der Waals surface area contributed by atoms with Gasteiger partial charge in [-0.2, -0.15) is 0 Å². The van der Waals surface area contributed by atoms with E-state index in [1.165, 1.54) is 16.9 Å². The number of nitrogens with zero attached hydrogens (tertiary/aromatic N) is 3. The van der Waals surface area contributed by atoms with Gasteiger partial charge in [0.2, 0.25) is 0 Å². The Bertz CT molecular complexity index is 924. The van der Waals surface area contributed by atoms with E-state index in [0.717, 1.165) is 54.2 Å². The average molecular weight is 355 g/mol. The van der Waals surface area contributed by atoms with E-state index in [9.17, 15) is 4.79 Å². The van der Waals surface area contributed by atoms with Gasteiger partial charge in [-0.15, -0.1) is 11.3 Å². The van der Waals surface area contributed by atoms with Crippen LogP contribution < -0.4 is 5.56 Å². The molecule has 1 fully saturated rings. The minimum absolute atomic E-state index is 0.0510. The van der Waals surface area contributed by atoms with Crippen LogP contribution >= 0.6 is 11.3 Å². The number of hydrogen-bond acceptors (Lipinski definition) is 5. The van der Waals surface area contributed by atoms with Crippen molar-refractivity contribution >= 4 is 21.6 Å². The SMILES string of the molecule is Cc1ccc(-c2csc3ncn(CCN4CCOCC4)c(=O)c23)cc1. The lowest BCUT2D eigenvalue weighted by atomic mass is 10.1. The highest BCUT2D eigenvalue weighted by atomic mass is 32.1. The number of fused-ring (bicyclic) bond motifs is 1. The molecule has 1 aliphatic rings. The average Bonchev–Trinajstić information content (AvgIpc) is 3.08. The Morgan fingerprint density at radius 3 is 2.68 bits per heavy atom. The molecule has 1 aliphatic heterocycles. The lowest BCUT2D eigenvalue weighted by Crippen LogP contribution is -2.39. The van der Waals surface area contributed by atoms with Gasteiger partial charge in [0.25, 0.3) is 5.56 Å². The summed E-state index contributed by atoms with van der Waals surface area (Å²) in [6.45, 7) is 6.97. The summed E-state index contributed by atoms with van der Waals surface area (Å²) in [6, 6.07) is 8.29. The smallest absolute Gasteiger partial charge is 0.262 e. The minimum atomic E-state index is 0.0510. The number of morpholine rings is 1. The summed E-state index contributed by atoms with van der Waals surface area (Å²) in [5, 5.41) is 2.77. The first kappa shape index (κ1) is 16.4. The van der Waals surface area contributed by atoms with Crippen LogP contribution in [0.25, 0.3) is 21.3 Å². The van der Waals surface area contributed by atoms with Gasteiger partial charge in [0.05, 0.1) is 24.9 Å². The quantitative estimate of drug-likeness (QED) is 0.722. The molecule has 3 heterocycles. The molecule has 0 radical (unpaired) electrons. The predicted molar refractivity (Wildman–Crippen MR) is 101 cm³/mol. The summed E-state index contributed by atoms with van der Waals surface area (Å²) in [5.41, 5.74) is 3.32. The van der Waals surface area contributed by atoms with Crippen LogP contribution in [0.1, 0.15) is 5.56 Å². The molecule has 130 valence electrons. The molecule has 0 saturated carbocycles. The van der Waals surface area contributed by atoms with Crippen molar-refractivity contribution in [1.82, 2.24) is 14.5 Å². The van der Waals surface area contributed by atoms with Crippen molar-refractivity contribution in [3.8, 4) is 11.1 Å². The molecule has 5 nitrogen and oxygen atoms in total. The molecule has 0 spiro atoms. The highest BCUT2D eigenvalue weighted by molar-refractivity contribution is 7.17. The highest BCUT2D eigenvalue weighted by Gasteiger charge is 2.15. The van der Waals surface area contributed by atoms with E-state index in [1.54, 1.807) is 10.9 Å². The van der Waals surface area contributed by atoms with Gasteiger partial charge in [-0.25, -0.2) is 4.98 Å². The Kier molecular flexibility index (Phi) is 4.65. The zero-order chi connectivity index (χ0) is 17.2. The van der Waals surface area contributed by atoms with Gasteiger partial charge in [0, 0.05) is 37.1 Å². The Morgan fingerprint density at radius 2 is 1.92 bits per heavy atom. The van der Waals surface area contributed by atoms with Crippen LogP contribution in [0.4, 0.5) is 0 Å². The van der Waals surface area contributed by atoms with Crippen molar-refractivity contribution in [2.45, 2.75) is 13.5 Å². The van der Waals surface area contributed by atoms with Crippen LogP contribution in [0, 0.1) is 6.92 Å². The Morgan fingerprint density at radius 1 is 1.16 bits per heavy atom. The standard InChI is InChI=1S/C19H21N3O2S/c1-14-2-4-15(5-3-14)16-12-25-18-17(16)19(23)22(13-20-18)7-6-21-8-10-24-11-9-21/h2-5,12-13H,6-11H2,1H3. The largest absolute Gasteiger partial charge is 0.379 e. The first-order valence-electron chi connectivity index (χ1n) is 8.56. The number of benzene rings is 1. The first-order chi connectivity index (χ1) is 12.2. The molecule has 4 rings (SSSR count). The summed E-state index contributed by atoms with van der Waals surface area (Å²) in [5.74, 6) is 0. The summed E-state index contributed by atoms with van der Waals surface area (Å²) in [7, 11) is 0. The second-order valence-corrected chi connectivity index (χ2v) is 7.25. The number of hydrogen-bond donors (Lipinski definition) is 0. The maximum Gasteiger partial charge on any atom is 0.262 e. The first-order valence-corrected chi connectivity index (χ1v) is 9.44. The van der Waals surface area contributed by atoms with E-state index in [1.807, 2.05) is 5.38 Å². The molecule has 0 bridgehead atoms. The van der Waals surface area contributed by atoms with E-state index in [0.29, 0.717) is 6.54 Å². The van der Waals surface area contributed by atoms with Crippen molar-refractivity contribution < 1.29 is 4.74 Å². The van der Waals surface area contributed by atoms with E-state index in [4.69, 9.17) is 4.74 Å². The van der Waals surface area contributed by atoms with Crippen LogP contribution in [0.2, 0.25) is 0 Å². The molecule has 0 amide bonds. The van der Waals surface area contributed by atoms with Crippen LogP contribution in [0.3, 0.4) is 0 Å². The van der Waals surface area contributed by atoms with Gasteiger partial charge < -0.3 is 4.74 Å². The van der Waals surface area contributed by atoms with Crippen molar-refractivity contribution in [3.63, 3.8) is 0 Å². The second kappa shape index (κ2) is 7.07. The predicted octanol–water partition coefficient (Wildman–Crippen LogP) is 2.77. The summed E-state index contributed by atoms with van der Waals surface area (Å²) in [6.07, 6.45) is 1.68. The molecule has 1 aromatic carbocycles. The van der Waals surface area contributed by atoms with Crippen LogP contribution in [-0.4, -0.2) is 47.3 Å².